The van der Waals surface area contributed by atoms with Gasteiger partial charge in [-0.2, -0.15) is 5.26 Å². The number of carbonyl (C=O) groups is 1. The molecule has 1 aliphatic carbocycles. The number of hydrogen-bond acceptors (Lipinski definition) is 3. The monoisotopic (exact) mass is 393 g/mol. The number of benzene rings is 1. The van der Waals surface area contributed by atoms with Crippen molar-refractivity contribution in [2.24, 2.45) is 5.92 Å². The minimum atomic E-state index is -0.402. The third-order valence-electron chi connectivity index (χ3n) is 4.46. The molecule has 0 saturated heterocycles. The number of fused-ring (bicyclic) bond motifs is 1. The van der Waals surface area contributed by atoms with Crippen LogP contribution in [0.15, 0.2) is 18.2 Å². The van der Waals surface area contributed by atoms with Crippen LogP contribution in [-0.4, -0.2) is 6.03 Å². The molecule has 0 bridgehead atoms. The summed E-state index contributed by atoms with van der Waals surface area (Å²) in [5.74, 6) is 0.663. The summed E-state index contributed by atoms with van der Waals surface area (Å²) < 4.78 is 0. The third-order valence-corrected chi connectivity index (χ3v) is 6.37. The van der Waals surface area contributed by atoms with Crippen molar-refractivity contribution in [3.63, 3.8) is 0 Å². The van der Waals surface area contributed by atoms with Crippen molar-refractivity contribution >= 4 is 51.3 Å². The first-order valence-electron chi connectivity index (χ1n) is 8.09. The van der Waals surface area contributed by atoms with Gasteiger partial charge in [0.1, 0.15) is 11.1 Å². The normalized spacial score (nSPS) is 16.0. The van der Waals surface area contributed by atoms with E-state index in [1.54, 1.807) is 18.2 Å². The average molecular weight is 394 g/mol. The van der Waals surface area contributed by atoms with E-state index < -0.39 is 6.03 Å². The largest absolute Gasteiger partial charge is 0.324 e. The van der Waals surface area contributed by atoms with E-state index in [1.165, 1.54) is 16.2 Å². The molecule has 1 unspecified atom stereocenters. The predicted octanol–water partition coefficient (Wildman–Crippen LogP) is 6.09. The molecule has 0 fully saturated rings. The number of nitrogens with one attached hydrogen (secondary N) is 2. The number of anilines is 2. The van der Waals surface area contributed by atoms with Crippen LogP contribution in [0.3, 0.4) is 0 Å². The lowest BCUT2D eigenvalue weighted by atomic mass is 9.86. The molecule has 0 aliphatic heterocycles. The van der Waals surface area contributed by atoms with Crippen LogP contribution < -0.4 is 10.6 Å². The third kappa shape index (κ3) is 3.92. The zero-order valence-corrected chi connectivity index (χ0v) is 16.0. The van der Waals surface area contributed by atoms with Crippen molar-refractivity contribution in [3.8, 4) is 6.07 Å². The van der Waals surface area contributed by atoms with E-state index in [2.05, 4.69) is 23.6 Å². The number of nitrogens with zero attached hydrogens (tertiary/aromatic N) is 1. The van der Waals surface area contributed by atoms with Gasteiger partial charge in [-0.15, -0.1) is 11.3 Å². The second-order valence-corrected chi connectivity index (χ2v) is 7.96. The Kier molecular flexibility index (Phi) is 5.53. The Morgan fingerprint density at radius 3 is 2.84 bits per heavy atom. The Morgan fingerprint density at radius 1 is 1.36 bits per heavy atom. The number of urea groups is 1. The fourth-order valence-corrected chi connectivity index (χ4v) is 4.65. The second kappa shape index (κ2) is 7.65. The molecule has 4 nitrogen and oxygen atoms in total. The van der Waals surface area contributed by atoms with E-state index in [9.17, 15) is 10.1 Å². The van der Waals surface area contributed by atoms with Crippen LogP contribution in [0.4, 0.5) is 15.5 Å². The molecule has 2 amide bonds. The number of hydrogen-bond donors (Lipinski definition) is 2. The number of carbonyl (C=O) groups excluding carboxylic acids is 1. The lowest BCUT2D eigenvalue weighted by molar-refractivity contribution is 0.262. The van der Waals surface area contributed by atoms with Gasteiger partial charge in [0.05, 0.1) is 15.6 Å². The maximum Gasteiger partial charge on any atom is 0.324 e. The molecule has 1 aliphatic rings. The Labute approximate surface area is 160 Å². The van der Waals surface area contributed by atoms with Gasteiger partial charge >= 0.3 is 6.03 Å². The van der Waals surface area contributed by atoms with E-state index in [0.29, 0.717) is 32.2 Å². The highest BCUT2D eigenvalue weighted by Crippen LogP contribution is 2.40. The molecule has 0 saturated carbocycles. The molecule has 1 aromatic carbocycles. The highest BCUT2D eigenvalue weighted by Gasteiger charge is 2.25. The van der Waals surface area contributed by atoms with Crippen molar-refractivity contribution in [3.05, 3.63) is 44.2 Å². The van der Waals surface area contributed by atoms with Crippen molar-refractivity contribution in [2.45, 2.75) is 32.6 Å². The first-order valence-corrected chi connectivity index (χ1v) is 9.66. The van der Waals surface area contributed by atoms with Crippen molar-refractivity contribution < 1.29 is 4.79 Å². The standard InChI is InChI=1S/C18H17Cl2N3OS/c1-2-10-3-5-12-13(9-21)17(25-16(12)7-10)23-18(24)22-11-4-6-14(19)15(20)8-11/h4,6,8,10H,2-3,5,7H2,1H3,(H2,22,23,24). The van der Waals surface area contributed by atoms with Gasteiger partial charge < -0.3 is 5.32 Å². The first-order chi connectivity index (χ1) is 12.0. The van der Waals surface area contributed by atoms with Gasteiger partial charge in [0.2, 0.25) is 0 Å². The van der Waals surface area contributed by atoms with Gasteiger partial charge in [0.25, 0.3) is 0 Å². The number of nitriles is 1. The molecule has 1 heterocycles. The molecule has 1 aromatic heterocycles. The molecular formula is C18H17Cl2N3OS. The molecule has 7 heteroatoms. The Hall–Kier alpha value is -1.74. The zero-order chi connectivity index (χ0) is 18.0. The van der Waals surface area contributed by atoms with E-state index in [-0.39, 0.29) is 0 Å². The minimum Gasteiger partial charge on any atom is -0.308 e. The molecule has 3 rings (SSSR count). The summed E-state index contributed by atoms with van der Waals surface area (Å²) in [4.78, 5) is 13.5. The predicted molar refractivity (Wildman–Crippen MR) is 104 cm³/mol. The average Bonchev–Trinajstić information content (AvgIpc) is 2.93. The topological polar surface area (TPSA) is 64.9 Å². The Bertz CT molecular complexity index is 857. The zero-order valence-electron chi connectivity index (χ0n) is 13.7. The molecule has 130 valence electrons. The number of thiophene rings is 1. The highest BCUT2D eigenvalue weighted by atomic mass is 35.5. The van der Waals surface area contributed by atoms with Gasteiger partial charge in [-0.1, -0.05) is 36.5 Å². The summed E-state index contributed by atoms with van der Waals surface area (Å²) in [6.45, 7) is 2.19. The van der Waals surface area contributed by atoms with Gasteiger partial charge in [-0.25, -0.2) is 4.79 Å². The molecule has 2 aromatic rings. The maximum absolute atomic E-state index is 12.3. The lowest BCUT2D eigenvalue weighted by Crippen LogP contribution is -2.19. The van der Waals surface area contributed by atoms with Crippen LogP contribution in [-0.2, 0) is 12.8 Å². The minimum absolute atomic E-state index is 0.370. The van der Waals surface area contributed by atoms with Crippen molar-refractivity contribution in [1.29, 1.82) is 5.26 Å². The molecule has 0 spiro atoms. The van der Waals surface area contributed by atoms with Crippen molar-refractivity contribution in [1.82, 2.24) is 0 Å². The van der Waals surface area contributed by atoms with Crippen LogP contribution in [0, 0.1) is 17.2 Å². The Balaban J connectivity index is 1.76. The SMILES string of the molecule is CCC1CCc2c(sc(NC(=O)Nc3ccc(Cl)c(Cl)c3)c2C#N)C1. The summed E-state index contributed by atoms with van der Waals surface area (Å²) in [6.07, 6.45) is 4.13. The summed E-state index contributed by atoms with van der Waals surface area (Å²) in [5, 5.41) is 16.4. The molecular weight excluding hydrogens is 377 g/mol. The van der Waals surface area contributed by atoms with Crippen LogP contribution in [0.1, 0.15) is 35.8 Å². The smallest absolute Gasteiger partial charge is 0.308 e. The first kappa shape index (κ1) is 18.1. The van der Waals surface area contributed by atoms with E-state index in [4.69, 9.17) is 23.2 Å². The fraction of sp³-hybridized carbons (Fsp3) is 0.333. The van der Waals surface area contributed by atoms with Crippen LogP contribution in [0.25, 0.3) is 0 Å². The summed E-state index contributed by atoms with van der Waals surface area (Å²) in [7, 11) is 0. The van der Waals surface area contributed by atoms with Gasteiger partial charge in [0.15, 0.2) is 0 Å². The van der Waals surface area contributed by atoms with Crippen LogP contribution in [0.5, 0.6) is 0 Å². The van der Waals surface area contributed by atoms with Crippen molar-refractivity contribution in [2.75, 3.05) is 10.6 Å². The molecule has 25 heavy (non-hydrogen) atoms. The van der Waals surface area contributed by atoms with E-state index in [1.807, 2.05) is 0 Å². The lowest BCUT2D eigenvalue weighted by Gasteiger charge is -2.20. The fourth-order valence-electron chi connectivity index (χ4n) is 3.05. The Morgan fingerprint density at radius 2 is 2.16 bits per heavy atom. The van der Waals surface area contributed by atoms with E-state index in [0.717, 1.165) is 31.2 Å². The maximum atomic E-state index is 12.3. The molecule has 0 radical (unpaired) electrons. The second-order valence-electron chi connectivity index (χ2n) is 6.04. The summed E-state index contributed by atoms with van der Waals surface area (Å²) in [5.41, 5.74) is 2.23. The van der Waals surface area contributed by atoms with Gasteiger partial charge in [-0.3, -0.25) is 5.32 Å². The van der Waals surface area contributed by atoms with Gasteiger partial charge in [-0.05, 0) is 48.9 Å². The number of amides is 2. The summed E-state index contributed by atoms with van der Waals surface area (Å²) in [6, 6.07) is 6.72. The van der Waals surface area contributed by atoms with Gasteiger partial charge in [0, 0.05) is 10.6 Å². The van der Waals surface area contributed by atoms with Crippen LogP contribution >= 0.6 is 34.5 Å². The number of rotatable bonds is 3. The molecule has 2 N–H and O–H groups in total. The quantitative estimate of drug-likeness (QED) is 0.662. The number of halogens is 2. The summed E-state index contributed by atoms with van der Waals surface area (Å²) >= 11 is 13.3. The van der Waals surface area contributed by atoms with E-state index >= 15 is 0 Å². The van der Waals surface area contributed by atoms with Crippen LogP contribution in [0.2, 0.25) is 10.0 Å². The highest BCUT2D eigenvalue weighted by molar-refractivity contribution is 7.16. The molecule has 1 atom stereocenters.